The second-order valence-corrected chi connectivity index (χ2v) is 7.58. The molecule has 5 heteroatoms. The molecule has 0 fully saturated rings. The predicted octanol–water partition coefficient (Wildman–Crippen LogP) is 5.10. The predicted molar refractivity (Wildman–Crippen MR) is 113 cm³/mol. The minimum Gasteiger partial charge on any atom is -0.335 e. The number of hydrogen-bond donors (Lipinski definition) is 0. The van der Waals surface area contributed by atoms with Crippen LogP contribution in [0.1, 0.15) is 33.6 Å². The summed E-state index contributed by atoms with van der Waals surface area (Å²) < 4.78 is 5.52. The molecule has 3 heterocycles. The van der Waals surface area contributed by atoms with Crippen molar-refractivity contribution in [2.75, 3.05) is 11.4 Å². The highest BCUT2D eigenvalue weighted by Gasteiger charge is 2.28. The van der Waals surface area contributed by atoms with Crippen LogP contribution >= 0.6 is 0 Å². The van der Waals surface area contributed by atoms with E-state index in [9.17, 15) is 4.79 Å². The number of carbonyl (C=O) groups excluding carboxylic acids is 1. The maximum absolute atomic E-state index is 13.7. The monoisotopic (exact) mass is 383 g/mol. The van der Waals surface area contributed by atoms with Gasteiger partial charge in [0.25, 0.3) is 11.6 Å². The van der Waals surface area contributed by atoms with E-state index in [4.69, 9.17) is 4.52 Å². The first-order valence-corrected chi connectivity index (χ1v) is 9.85. The first-order chi connectivity index (χ1) is 14.1. The van der Waals surface area contributed by atoms with Crippen LogP contribution in [-0.4, -0.2) is 22.6 Å². The fourth-order valence-corrected chi connectivity index (χ4v) is 4.12. The molecule has 1 aliphatic rings. The molecule has 144 valence electrons. The average Bonchev–Trinajstić information content (AvgIpc) is 3.16. The first kappa shape index (κ1) is 17.6. The smallest absolute Gasteiger partial charge is 0.259 e. The third kappa shape index (κ3) is 2.99. The lowest BCUT2D eigenvalue weighted by Crippen LogP contribution is -2.35. The van der Waals surface area contributed by atoms with E-state index in [1.807, 2.05) is 48.2 Å². The summed E-state index contributed by atoms with van der Waals surface area (Å²) in [7, 11) is 0. The van der Waals surface area contributed by atoms with E-state index in [-0.39, 0.29) is 5.91 Å². The highest BCUT2D eigenvalue weighted by Crippen LogP contribution is 2.34. The maximum atomic E-state index is 13.7. The van der Waals surface area contributed by atoms with Crippen molar-refractivity contribution >= 4 is 22.7 Å². The quantitative estimate of drug-likeness (QED) is 0.483. The Kier molecular flexibility index (Phi) is 4.16. The van der Waals surface area contributed by atoms with Crippen molar-refractivity contribution in [3.8, 4) is 11.3 Å². The van der Waals surface area contributed by atoms with Gasteiger partial charge < -0.3 is 9.42 Å². The van der Waals surface area contributed by atoms with Gasteiger partial charge in [-0.3, -0.25) is 4.79 Å². The van der Waals surface area contributed by atoms with Gasteiger partial charge in [-0.1, -0.05) is 53.2 Å². The first-order valence-electron chi connectivity index (χ1n) is 9.85. The zero-order chi connectivity index (χ0) is 20.0. The number of anilines is 1. The number of aryl methyl sites for hydroxylation is 3. The molecule has 5 rings (SSSR count). The summed E-state index contributed by atoms with van der Waals surface area (Å²) in [6.45, 7) is 4.65. The summed E-state index contributed by atoms with van der Waals surface area (Å²) in [6, 6.07) is 17.9. The number of fused-ring (bicyclic) bond motifs is 2. The Morgan fingerprint density at radius 3 is 2.72 bits per heavy atom. The number of rotatable bonds is 2. The second-order valence-electron chi connectivity index (χ2n) is 7.58. The number of amides is 1. The number of carbonyl (C=O) groups is 1. The molecule has 5 nitrogen and oxygen atoms in total. The van der Waals surface area contributed by atoms with E-state index in [2.05, 4.69) is 35.3 Å². The van der Waals surface area contributed by atoms with Crippen molar-refractivity contribution in [2.45, 2.75) is 26.7 Å². The van der Waals surface area contributed by atoms with Crippen LogP contribution in [0.5, 0.6) is 0 Å². The van der Waals surface area contributed by atoms with Crippen LogP contribution < -0.4 is 4.90 Å². The third-order valence-corrected chi connectivity index (χ3v) is 5.45. The molecule has 0 saturated carbocycles. The molecule has 0 saturated heterocycles. The summed E-state index contributed by atoms with van der Waals surface area (Å²) in [5, 5.41) is 4.91. The lowest BCUT2D eigenvalue weighted by molar-refractivity contribution is 0.0986. The van der Waals surface area contributed by atoms with E-state index in [0.29, 0.717) is 28.9 Å². The van der Waals surface area contributed by atoms with Crippen LogP contribution in [-0.2, 0) is 6.42 Å². The molecule has 0 atom stereocenters. The zero-order valence-electron chi connectivity index (χ0n) is 16.5. The summed E-state index contributed by atoms with van der Waals surface area (Å²) >= 11 is 0. The maximum Gasteiger partial charge on any atom is 0.259 e. The van der Waals surface area contributed by atoms with Crippen LogP contribution in [0.3, 0.4) is 0 Å². The van der Waals surface area contributed by atoms with Gasteiger partial charge in [-0.15, -0.1) is 0 Å². The molecule has 0 spiro atoms. The van der Waals surface area contributed by atoms with Crippen molar-refractivity contribution < 1.29 is 9.32 Å². The number of nitrogens with zero attached hydrogens (tertiary/aromatic N) is 3. The van der Waals surface area contributed by atoms with Crippen molar-refractivity contribution in [3.63, 3.8) is 0 Å². The standard InChI is InChI=1S/C24H21N3O2/c1-15-10-11-20-18(13-15)9-6-12-27(20)24(28)19-14-16(2)25-23-21(19)22(26-29-23)17-7-4-3-5-8-17/h3-5,7-8,10-11,13-14H,6,9,12H2,1-2H3. The van der Waals surface area contributed by atoms with E-state index < -0.39 is 0 Å². The minimum absolute atomic E-state index is 0.0364. The van der Waals surface area contributed by atoms with Gasteiger partial charge in [0.2, 0.25) is 0 Å². The summed E-state index contributed by atoms with van der Waals surface area (Å²) in [4.78, 5) is 20.1. The van der Waals surface area contributed by atoms with Gasteiger partial charge in [0, 0.05) is 23.5 Å². The topological polar surface area (TPSA) is 59.2 Å². The van der Waals surface area contributed by atoms with Crippen molar-refractivity contribution in [1.82, 2.24) is 10.1 Å². The Morgan fingerprint density at radius 2 is 1.90 bits per heavy atom. The minimum atomic E-state index is -0.0364. The fourth-order valence-electron chi connectivity index (χ4n) is 4.12. The Labute approximate surface area is 169 Å². The van der Waals surface area contributed by atoms with E-state index in [0.717, 1.165) is 29.8 Å². The molecule has 0 unspecified atom stereocenters. The van der Waals surface area contributed by atoms with Crippen molar-refractivity contribution in [2.24, 2.45) is 0 Å². The normalized spacial score (nSPS) is 13.5. The Morgan fingerprint density at radius 1 is 1.07 bits per heavy atom. The van der Waals surface area contributed by atoms with Crippen LogP contribution in [0, 0.1) is 13.8 Å². The lowest BCUT2D eigenvalue weighted by atomic mass is 9.97. The highest BCUT2D eigenvalue weighted by atomic mass is 16.5. The molecule has 0 radical (unpaired) electrons. The number of benzene rings is 2. The van der Waals surface area contributed by atoms with Gasteiger partial charge >= 0.3 is 0 Å². The summed E-state index contributed by atoms with van der Waals surface area (Å²) in [5.41, 5.74) is 6.70. The lowest BCUT2D eigenvalue weighted by Gasteiger charge is -2.30. The molecule has 2 aromatic carbocycles. The average molecular weight is 383 g/mol. The molecule has 1 aliphatic heterocycles. The van der Waals surface area contributed by atoms with Gasteiger partial charge in [-0.2, -0.15) is 0 Å². The van der Waals surface area contributed by atoms with Gasteiger partial charge in [0.05, 0.1) is 10.9 Å². The van der Waals surface area contributed by atoms with Crippen LogP contribution in [0.25, 0.3) is 22.4 Å². The largest absolute Gasteiger partial charge is 0.335 e. The molecular weight excluding hydrogens is 362 g/mol. The van der Waals surface area contributed by atoms with E-state index in [1.165, 1.54) is 11.1 Å². The molecule has 29 heavy (non-hydrogen) atoms. The molecular formula is C24H21N3O2. The molecule has 0 N–H and O–H groups in total. The van der Waals surface area contributed by atoms with Crippen molar-refractivity contribution in [1.29, 1.82) is 0 Å². The summed E-state index contributed by atoms with van der Waals surface area (Å²) in [5.74, 6) is -0.0364. The van der Waals surface area contributed by atoms with Gasteiger partial charge in [0.15, 0.2) is 0 Å². The van der Waals surface area contributed by atoms with E-state index >= 15 is 0 Å². The fraction of sp³-hybridized carbons (Fsp3) is 0.208. The Bertz CT molecular complexity index is 1230. The molecule has 4 aromatic rings. The SMILES string of the molecule is Cc1ccc2c(c1)CCCN2C(=O)c1cc(C)nc2onc(-c3ccccc3)c12. The second kappa shape index (κ2) is 6.85. The van der Waals surface area contributed by atoms with Gasteiger partial charge in [-0.25, -0.2) is 4.98 Å². The van der Waals surface area contributed by atoms with E-state index in [1.54, 1.807) is 0 Å². The molecule has 1 amide bonds. The number of aromatic nitrogens is 2. The Balaban J connectivity index is 1.68. The highest BCUT2D eigenvalue weighted by molar-refractivity contribution is 6.16. The molecule has 0 bridgehead atoms. The molecule has 0 aliphatic carbocycles. The van der Waals surface area contributed by atoms with Crippen LogP contribution in [0.4, 0.5) is 5.69 Å². The van der Waals surface area contributed by atoms with Crippen molar-refractivity contribution in [3.05, 3.63) is 77.0 Å². The Hall–Kier alpha value is -3.47. The zero-order valence-corrected chi connectivity index (χ0v) is 16.5. The number of pyridine rings is 1. The van der Waals surface area contributed by atoms with Crippen LogP contribution in [0.2, 0.25) is 0 Å². The van der Waals surface area contributed by atoms with Gasteiger partial charge in [-0.05, 0) is 44.4 Å². The molecule has 2 aromatic heterocycles. The van der Waals surface area contributed by atoms with Crippen LogP contribution in [0.15, 0.2) is 59.1 Å². The number of hydrogen-bond acceptors (Lipinski definition) is 4. The van der Waals surface area contributed by atoms with Gasteiger partial charge in [0.1, 0.15) is 5.69 Å². The summed E-state index contributed by atoms with van der Waals surface area (Å²) in [6.07, 6.45) is 1.94. The third-order valence-electron chi connectivity index (χ3n) is 5.45.